The van der Waals surface area contributed by atoms with Crippen molar-refractivity contribution < 1.29 is 9.25 Å². The van der Waals surface area contributed by atoms with Crippen LogP contribution in [0.4, 0.5) is 5.69 Å². The number of pyridine rings is 1. The number of para-hydroxylation sites is 2. The summed E-state index contributed by atoms with van der Waals surface area (Å²) < 4.78 is 5.99. The van der Waals surface area contributed by atoms with E-state index in [9.17, 15) is 0 Å². The van der Waals surface area contributed by atoms with E-state index in [1.165, 1.54) is 0 Å². The summed E-state index contributed by atoms with van der Waals surface area (Å²) in [5.41, 5.74) is 3.41. The minimum Gasteiger partial charge on any atom is -0.434 e. The number of fused-ring (bicyclic) bond motifs is 3. The molecule has 2 aromatic carbocycles. The molecule has 0 saturated heterocycles. The van der Waals surface area contributed by atoms with E-state index in [0.717, 1.165) is 22.2 Å². The summed E-state index contributed by atoms with van der Waals surface area (Å²) >= 11 is 0. The number of hydrogen-bond donors (Lipinski definition) is 0. The van der Waals surface area contributed by atoms with Crippen LogP contribution >= 0.6 is 0 Å². The zero-order chi connectivity index (χ0) is 17.5. The van der Waals surface area contributed by atoms with E-state index in [2.05, 4.69) is 22.0 Å². The second-order valence-electron chi connectivity index (χ2n) is 6.29. The summed E-state index contributed by atoms with van der Waals surface area (Å²) in [6.45, 7) is 2.56. The van der Waals surface area contributed by atoms with Crippen LogP contribution in [0.5, 0.6) is 5.75 Å². The van der Waals surface area contributed by atoms with Gasteiger partial charge in [0, 0.05) is 28.4 Å². The van der Waals surface area contributed by atoms with Gasteiger partial charge in [0.25, 0.3) is 0 Å². The van der Waals surface area contributed by atoms with E-state index in [0.29, 0.717) is 23.7 Å². The first-order chi connectivity index (χ1) is 12.8. The van der Waals surface area contributed by atoms with Crippen molar-refractivity contribution in [2.75, 3.05) is 11.6 Å². The average molecular weight is 343 g/mol. The van der Waals surface area contributed by atoms with Gasteiger partial charge in [-0.3, -0.25) is 0 Å². The Morgan fingerprint density at radius 3 is 2.69 bits per heavy atom. The van der Waals surface area contributed by atoms with Crippen LogP contribution in [0.1, 0.15) is 5.69 Å². The Morgan fingerprint density at radius 2 is 1.81 bits per heavy atom. The lowest BCUT2D eigenvalue weighted by molar-refractivity contribution is 0.00415. The van der Waals surface area contributed by atoms with E-state index in [-0.39, 0.29) is 0 Å². The molecule has 128 valence electrons. The molecule has 0 aliphatic carbocycles. The third kappa shape index (κ3) is 2.45. The number of hydroxylamine groups is 2. The van der Waals surface area contributed by atoms with Gasteiger partial charge < -0.3 is 14.2 Å². The predicted molar refractivity (Wildman–Crippen MR) is 102 cm³/mol. The number of anilines is 1. The van der Waals surface area contributed by atoms with Gasteiger partial charge in [0.1, 0.15) is 6.67 Å². The van der Waals surface area contributed by atoms with E-state index < -0.39 is 0 Å². The molecular formula is C21H17N3O2. The van der Waals surface area contributed by atoms with Gasteiger partial charge in [-0.2, -0.15) is 5.06 Å². The number of nitrogens with zero attached hydrogens (tertiary/aromatic N) is 3. The Balaban J connectivity index is 1.45. The Kier molecular flexibility index (Phi) is 3.31. The molecule has 1 aliphatic heterocycles. The molecule has 0 bridgehead atoms. The highest BCUT2D eigenvalue weighted by molar-refractivity contribution is 6.05. The maximum atomic E-state index is 6.08. The zero-order valence-corrected chi connectivity index (χ0v) is 14.3. The van der Waals surface area contributed by atoms with Crippen molar-refractivity contribution in [3.8, 4) is 5.75 Å². The van der Waals surface area contributed by atoms with Gasteiger partial charge in [0.2, 0.25) is 5.71 Å². The van der Waals surface area contributed by atoms with Gasteiger partial charge in [0.05, 0.1) is 6.20 Å². The molecule has 0 N–H and O–H groups in total. The van der Waals surface area contributed by atoms with Gasteiger partial charge in [-0.15, -0.1) is 0 Å². The van der Waals surface area contributed by atoms with Crippen LogP contribution in [0.15, 0.2) is 77.5 Å². The highest BCUT2D eigenvalue weighted by Crippen LogP contribution is 2.34. The SMILES string of the molecule is Cc1ccc2c(n1)oc1c(ON3C=CN(c4ccccc4)C3)cccc12. The summed E-state index contributed by atoms with van der Waals surface area (Å²) in [7, 11) is 0. The topological polar surface area (TPSA) is 41.7 Å². The second-order valence-corrected chi connectivity index (χ2v) is 6.29. The Morgan fingerprint density at radius 1 is 0.923 bits per heavy atom. The normalized spacial score (nSPS) is 13.9. The molecule has 0 spiro atoms. The molecule has 5 rings (SSSR count). The quantitative estimate of drug-likeness (QED) is 0.533. The Bertz CT molecular complexity index is 1120. The molecule has 0 radical (unpaired) electrons. The van der Waals surface area contributed by atoms with Gasteiger partial charge >= 0.3 is 0 Å². The molecule has 4 aromatic rings. The summed E-state index contributed by atoms with van der Waals surface area (Å²) in [6.07, 6.45) is 3.91. The number of furan rings is 1. The standard InChI is InChI=1S/C21H17N3O2/c1-15-10-11-18-17-8-5-9-19(20(17)25-21(18)22-15)26-24-13-12-23(14-24)16-6-3-2-4-7-16/h2-13H,14H2,1H3. The number of aromatic nitrogens is 1. The van der Waals surface area contributed by atoms with Crippen LogP contribution in [-0.4, -0.2) is 16.7 Å². The Hall–Kier alpha value is -3.47. The van der Waals surface area contributed by atoms with Crippen molar-refractivity contribution in [2.45, 2.75) is 6.92 Å². The van der Waals surface area contributed by atoms with Crippen molar-refractivity contribution >= 4 is 27.8 Å². The first kappa shape index (κ1) is 14.8. The molecule has 0 saturated carbocycles. The van der Waals surface area contributed by atoms with Crippen molar-refractivity contribution in [1.29, 1.82) is 0 Å². The average Bonchev–Trinajstić information content (AvgIpc) is 3.27. The summed E-state index contributed by atoms with van der Waals surface area (Å²) in [5.74, 6) is 0.678. The van der Waals surface area contributed by atoms with Crippen molar-refractivity contribution in [2.24, 2.45) is 0 Å². The minimum atomic E-state index is 0.609. The maximum absolute atomic E-state index is 6.08. The summed E-state index contributed by atoms with van der Waals surface area (Å²) in [5, 5.41) is 3.79. The molecule has 2 aromatic heterocycles. The van der Waals surface area contributed by atoms with Crippen molar-refractivity contribution in [3.05, 3.63) is 78.8 Å². The lowest BCUT2D eigenvalue weighted by Gasteiger charge is -2.21. The monoisotopic (exact) mass is 343 g/mol. The zero-order valence-electron chi connectivity index (χ0n) is 14.3. The summed E-state index contributed by atoms with van der Waals surface area (Å²) in [4.78, 5) is 12.7. The fraction of sp³-hybridized carbons (Fsp3) is 0.0952. The van der Waals surface area contributed by atoms with Crippen LogP contribution in [0, 0.1) is 6.92 Å². The fourth-order valence-electron chi connectivity index (χ4n) is 3.19. The van der Waals surface area contributed by atoms with Crippen LogP contribution < -0.4 is 9.74 Å². The lowest BCUT2D eigenvalue weighted by Crippen LogP contribution is -2.27. The highest BCUT2D eigenvalue weighted by Gasteiger charge is 2.18. The highest BCUT2D eigenvalue weighted by atomic mass is 16.7. The largest absolute Gasteiger partial charge is 0.434 e. The molecule has 0 fully saturated rings. The van der Waals surface area contributed by atoms with Gasteiger partial charge in [-0.25, -0.2) is 4.98 Å². The maximum Gasteiger partial charge on any atom is 0.227 e. The number of hydrogen-bond acceptors (Lipinski definition) is 5. The first-order valence-electron chi connectivity index (χ1n) is 8.51. The molecule has 0 atom stereocenters. The van der Waals surface area contributed by atoms with E-state index in [1.807, 2.05) is 67.9 Å². The van der Waals surface area contributed by atoms with E-state index >= 15 is 0 Å². The molecule has 5 nitrogen and oxygen atoms in total. The van der Waals surface area contributed by atoms with Crippen LogP contribution in [0.25, 0.3) is 22.1 Å². The van der Waals surface area contributed by atoms with E-state index in [1.54, 1.807) is 5.06 Å². The van der Waals surface area contributed by atoms with Gasteiger partial charge in [0.15, 0.2) is 11.3 Å². The van der Waals surface area contributed by atoms with Crippen molar-refractivity contribution in [1.82, 2.24) is 10.0 Å². The van der Waals surface area contributed by atoms with Crippen LogP contribution in [0.3, 0.4) is 0 Å². The molecular weight excluding hydrogens is 326 g/mol. The number of aryl methyl sites for hydroxylation is 1. The van der Waals surface area contributed by atoms with E-state index in [4.69, 9.17) is 9.25 Å². The van der Waals surface area contributed by atoms with Crippen LogP contribution in [0.2, 0.25) is 0 Å². The van der Waals surface area contributed by atoms with Gasteiger partial charge in [-0.1, -0.05) is 30.3 Å². The molecule has 26 heavy (non-hydrogen) atoms. The van der Waals surface area contributed by atoms with Gasteiger partial charge in [-0.05, 0) is 37.3 Å². The molecule has 0 unspecified atom stereocenters. The smallest absolute Gasteiger partial charge is 0.227 e. The second kappa shape index (κ2) is 5.81. The molecule has 5 heteroatoms. The lowest BCUT2D eigenvalue weighted by atomic mass is 10.2. The minimum absolute atomic E-state index is 0.609. The third-order valence-electron chi connectivity index (χ3n) is 4.48. The molecule has 3 heterocycles. The molecule has 0 amide bonds. The Labute approximate surface area is 150 Å². The fourth-order valence-corrected chi connectivity index (χ4v) is 3.19. The predicted octanol–water partition coefficient (Wildman–Crippen LogP) is 4.83. The van der Waals surface area contributed by atoms with Crippen molar-refractivity contribution in [3.63, 3.8) is 0 Å². The first-order valence-corrected chi connectivity index (χ1v) is 8.51. The molecule has 1 aliphatic rings. The summed E-state index contributed by atoms with van der Waals surface area (Å²) in [6, 6.07) is 20.2. The third-order valence-corrected chi connectivity index (χ3v) is 4.48. The van der Waals surface area contributed by atoms with Crippen LogP contribution in [-0.2, 0) is 0 Å². The number of benzene rings is 2. The number of rotatable bonds is 3.